The molecule has 0 saturated carbocycles. The van der Waals surface area contributed by atoms with Crippen molar-refractivity contribution in [3.8, 4) is 11.1 Å². The summed E-state index contributed by atoms with van der Waals surface area (Å²) in [7, 11) is -3.74. The second-order valence-corrected chi connectivity index (χ2v) is 11.1. The summed E-state index contributed by atoms with van der Waals surface area (Å²) in [6.45, 7) is 0.494. The van der Waals surface area contributed by atoms with Crippen LogP contribution in [-0.2, 0) is 16.6 Å². The zero-order valence-electron chi connectivity index (χ0n) is 18.4. The standard InChI is InChI=1S/C24H21F3N2O4S2/c25-24(26,27)34-20-5-3-4-19(14-20)17-6-8-18(9-7-17)22(30)16-28-15-21(10-11-23(28)31)35(32,33)29-12-1-2-13-29/h3-11,14-15H,1-2,12-13,16H2. The maximum Gasteiger partial charge on any atom is 0.446 e. The lowest BCUT2D eigenvalue weighted by atomic mass is 10.0. The fourth-order valence-electron chi connectivity index (χ4n) is 3.83. The van der Waals surface area contributed by atoms with Crippen LogP contribution in [0.5, 0.6) is 0 Å². The zero-order chi connectivity index (χ0) is 25.2. The van der Waals surface area contributed by atoms with E-state index in [-0.39, 0.29) is 33.7 Å². The molecule has 6 nitrogen and oxygen atoms in total. The summed E-state index contributed by atoms with van der Waals surface area (Å²) in [6.07, 6.45) is 2.74. The van der Waals surface area contributed by atoms with Crippen molar-refractivity contribution in [3.05, 3.63) is 82.8 Å². The van der Waals surface area contributed by atoms with Gasteiger partial charge in [0, 0.05) is 35.8 Å². The van der Waals surface area contributed by atoms with E-state index in [9.17, 15) is 31.2 Å². The molecule has 11 heteroatoms. The molecule has 0 bridgehead atoms. The maximum absolute atomic E-state index is 12.8. The average molecular weight is 523 g/mol. The van der Waals surface area contributed by atoms with E-state index in [1.807, 2.05) is 0 Å². The van der Waals surface area contributed by atoms with Crippen LogP contribution in [-0.4, -0.2) is 41.7 Å². The number of aromatic nitrogens is 1. The SMILES string of the molecule is O=C(Cn1cc(S(=O)(=O)N2CCCC2)ccc1=O)c1ccc(-c2cccc(SC(F)(F)F)c2)cc1. The lowest BCUT2D eigenvalue weighted by Gasteiger charge is -2.16. The summed E-state index contributed by atoms with van der Waals surface area (Å²) in [4.78, 5) is 25.1. The minimum absolute atomic E-state index is 0.0428. The highest BCUT2D eigenvalue weighted by Crippen LogP contribution is 2.38. The first kappa shape index (κ1) is 25.2. The third-order valence-corrected chi connectivity index (χ3v) is 8.18. The van der Waals surface area contributed by atoms with Crippen LogP contribution in [0.4, 0.5) is 13.2 Å². The fraction of sp³-hybridized carbons (Fsp3) is 0.250. The number of benzene rings is 2. The van der Waals surface area contributed by atoms with E-state index >= 15 is 0 Å². The quantitative estimate of drug-likeness (QED) is 0.329. The van der Waals surface area contributed by atoms with Crippen LogP contribution in [0, 0.1) is 0 Å². The smallest absolute Gasteiger partial charge is 0.306 e. The van der Waals surface area contributed by atoms with Crippen molar-refractivity contribution in [2.45, 2.75) is 34.7 Å². The van der Waals surface area contributed by atoms with Crippen molar-refractivity contribution >= 4 is 27.6 Å². The van der Waals surface area contributed by atoms with Gasteiger partial charge in [0.2, 0.25) is 10.0 Å². The Morgan fingerprint density at radius 2 is 1.63 bits per heavy atom. The molecule has 4 rings (SSSR count). The minimum atomic E-state index is -4.39. The third-order valence-electron chi connectivity index (χ3n) is 5.58. The molecule has 0 aliphatic carbocycles. The van der Waals surface area contributed by atoms with Gasteiger partial charge in [-0.3, -0.25) is 9.59 Å². The van der Waals surface area contributed by atoms with E-state index in [0.717, 1.165) is 23.5 Å². The normalized spacial score (nSPS) is 14.8. The monoisotopic (exact) mass is 522 g/mol. The van der Waals surface area contributed by atoms with Crippen LogP contribution >= 0.6 is 11.8 Å². The summed E-state index contributed by atoms with van der Waals surface area (Å²) < 4.78 is 66.0. The molecule has 35 heavy (non-hydrogen) atoms. The summed E-state index contributed by atoms with van der Waals surface area (Å²) in [6, 6.07) is 14.6. The Kier molecular flexibility index (Phi) is 7.20. The van der Waals surface area contributed by atoms with Gasteiger partial charge in [0.15, 0.2) is 5.78 Å². The van der Waals surface area contributed by atoms with Crippen molar-refractivity contribution in [2.75, 3.05) is 13.1 Å². The molecular formula is C24H21F3N2O4S2. The topological polar surface area (TPSA) is 76.5 Å². The largest absolute Gasteiger partial charge is 0.446 e. The summed E-state index contributed by atoms with van der Waals surface area (Å²) in [5.41, 5.74) is -3.42. The van der Waals surface area contributed by atoms with Gasteiger partial charge in [-0.15, -0.1) is 0 Å². The highest BCUT2D eigenvalue weighted by molar-refractivity contribution is 8.00. The number of Topliss-reactive ketones (excluding diaryl/α,β-unsaturated/α-hetero) is 1. The zero-order valence-corrected chi connectivity index (χ0v) is 20.0. The molecule has 1 aromatic heterocycles. The summed E-state index contributed by atoms with van der Waals surface area (Å²) in [5.74, 6) is -0.407. The van der Waals surface area contributed by atoms with Gasteiger partial charge in [-0.25, -0.2) is 8.42 Å². The number of sulfonamides is 1. The summed E-state index contributed by atoms with van der Waals surface area (Å²) in [5, 5.41) is 0. The lowest BCUT2D eigenvalue weighted by molar-refractivity contribution is -0.0328. The molecule has 0 atom stereocenters. The number of thioether (sulfide) groups is 1. The van der Waals surface area contributed by atoms with Gasteiger partial charge in [-0.1, -0.05) is 36.4 Å². The molecule has 0 spiro atoms. The van der Waals surface area contributed by atoms with E-state index < -0.39 is 26.9 Å². The molecule has 2 aromatic carbocycles. The number of hydrogen-bond acceptors (Lipinski definition) is 5. The van der Waals surface area contributed by atoms with E-state index in [2.05, 4.69) is 0 Å². The van der Waals surface area contributed by atoms with Gasteiger partial charge >= 0.3 is 5.51 Å². The highest BCUT2D eigenvalue weighted by atomic mass is 32.2. The number of ketones is 1. The first-order valence-electron chi connectivity index (χ1n) is 10.7. The molecule has 1 aliphatic heterocycles. The van der Waals surface area contributed by atoms with Gasteiger partial charge in [-0.05, 0) is 53.9 Å². The second kappa shape index (κ2) is 10.00. The van der Waals surface area contributed by atoms with Gasteiger partial charge in [0.25, 0.3) is 5.56 Å². The number of carbonyl (C=O) groups excluding carboxylic acids is 1. The first-order chi connectivity index (χ1) is 16.5. The second-order valence-electron chi connectivity index (χ2n) is 8.02. The molecular weight excluding hydrogens is 501 g/mol. The molecule has 1 aliphatic rings. The van der Waals surface area contributed by atoms with Crippen molar-refractivity contribution in [2.24, 2.45) is 0 Å². The van der Waals surface area contributed by atoms with Gasteiger partial charge in [-0.2, -0.15) is 17.5 Å². The van der Waals surface area contributed by atoms with Crippen LogP contribution in [0.15, 0.2) is 81.4 Å². The fourth-order valence-corrected chi connectivity index (χ4v) is 5.97. The van der Waals surface area contributed by atoms with E-state index in [1.54, 1.807) is 18.2 Å². The molecule has 0 N–H and O–H groups in total. The third kappa shape index (κ3) is 6.03. The van der Waals surface area contributed by atoms with E-state index in [0.29, 0.717) is 24.2 Å². The molecule has 184 valence electrons. The Balaban J connectivity index is 1.51. The minimum Gasteiger partial charge on any atom is -0.306 e. The number of alkyl halides is 3. The van der Waals surface area contributed by atoms with E-state index in [4.69, 9.17) is 0 Å². The first-order valence-corrected chi connectivity index (χ1v) is 13.0. The Morgan fingerprint density at radius 1 is 0.943 bits per heavy atom. The van der Waals surface area contributed by atoms with Crippen molar-refractivity contribution < 1.29 is 26.4 Å². The number of carbonyl (C=O) groups is 1. The molecule has 2 heterocycles. The predicted molar refractivity (Wildman–Crippen MR) is 127 cm³/mol. The van der Waals surface area contributed by atoms with Crippen LogP contribution in [0.3, 0.4) is 0 Å². The van der Waals surface area contributed by atoms with Gasteiger partial charge in [0.05, 0.1) is 11.4 Å². The average Bonchev–Trinajstić information content (AvgIpc) is 3.35. The number of nitrogens with zero attached hydrogens (tertiary/aromatic N) is 2. The number of halogens is 3. The number of hydrogen-bond donors (Lipinski definition) is 0. The highest BCUT2D eigenvalue weighted by Gasteiger charge is 2.29. The van der Waals surface area contributed by atoms with Gasteiger partial charge < -0.3 is 4.57 Å². The van der Waals surface area contributed by atoms with Crippen molar-refractivity contribution in [1.82, 2.24) is 8.87 Å². The van der Waals surface area contributed by atoms with Crippen LogP contribution in [0.2, 0.25) is 0 Å². The Morgan fingerprint density at radius 3 is 2.29 bits per heavy atom. The molecule has 1 fully saturated rings. The predicted octanol–water partition coefficient (Wildman–Crippen LogP) is 4.79. The van der Waals surface area contributed by atoms with E-state index in [1.165, 1.54) is 46.9 Å². The van der Waals surface area contributed by atoms with Crippen molar-refractivity contribution in [3.63, 3.8) is 0 Å². The van der Waals surface area contributed by atoms with Crippen molar-refractivity contribution in [1.29, 1.82) is 0 Å². The number of rotatable bonds is 7. The van der Waals surface area contributed by atoms with Crippen LogP contribution in [0.25, 0.3) is 11.1 Å². The van der Waals surface area contributed by atoms with Crippen LogP contribution < -0.4 is 5.56 Å². The van der Waals surface area contributed by atoms with Gasteiger partial charge in [0.1, 0.15) is 0 Å². The Hall–Kier alpha value is -2.89. The lowest BCUT2D eigenvalue weighted by Crippen LogP contribution is -2.30. The molecule has 0 unspecified atom stereocenters. The molecule has 0 amide bonds. The molecule has 1 saturated heterocycles. The molecule has 3 aromatic rings. The number of pyridine rings is 1. The molecule has 0 radical (unpaired) electrons. The Bertz CT molecular complexity index is 1400. The van der Waals surface area contributed by atoms with Crippen LogP contribution in [0.1, 0.15) is 23.2 Å². The Labute approximate surface area is 204 Å². The summed E-state index contributed by atoms with van der Waals surface area (Å²) >= 11 is -0.201. The maximum atomic E-state index is 12.8.